The molecule has 0 unspecified atom stereocenters. The van der Waals surface area contributed by atoms with Gasteiger partial charge in [-0.2, -0.15) is 13.2 Å². The molecule has 0 aromatic heterocycles. The largest absolute Gasteiger partial charge is 0.497 e. The van der Waals surface area contributed by atoms with Gasteiger partial charge in [0.25, 0.3) is 0 Å². The van der Waals surface area contributed by atoms with Crippen molar-refractivity contribution in [3.05, 3.63) is 29.8 Å². The highest BCUT2D eigenvalue weighted by Gasteiger charge is 2.44. The van der Waals surface area contributed by atoms with Crippen molar-refractivity contribution in [1.82, 2.24) is 4.90 Å². The first-order chi connectivity index (χ1) is 12.8. The van der Waals surface area contributed by atoms with Crippen molar-refractivity contribution in [2.45, 2.75) is 43.8 Å². The van der Waals surface area contributed by atoms with Gasteiger partial charge in [-0.1, -0.05) is 12.1 Å². The average molecular weight is 391 g/mol. The Kier molecular flexibility index (Phi) is 7.46. The molecule has 2 fully saturated rings. The molecule has 0 aliphatic carbocycles. The molecule has 1 aromatic carbocycles. The monoisotopic (exact) mass is 391 g/mol. The number of alkyl halides is 3. The van der Waals surface area contributed by atoms with E-state index in [0.29, 0.717) is 6.04 Å². The number of carbonyl (C=O) groups is 1. The maximum absolute atomic E-state index is 10.6. The minimum atomic E-state index is -5.08. The Morgan fingerprint density at radius 1 is 1.30 bits per heavy atom. The van der Waals surface area contributed by atoms with Crippen LogP contribution in [0.2, 0.25) is 0 Å². The van der Waals surface area contributed by atoms with Gasteiger partial charge in [-0.3, -0.25) is 4.90 Å². The Morgan fingerprint density at radius 2 is 1.93 bits per heavy atom. The standard InChI is InChI=1S/C16H23NO3.C2HF3O2/c1-18-13-7-5-12(6-8-13)10-17-11-15(19-2)16-14(17)4-3-9-20-16;3-2(4,5)1(6)7/h5-8,14-16H,3-4,9-11H2,1-2H3;(H,6,7)/t14-,15+,16+;/m1./s1. The summed E-state index contributed by atoms with van der Waals surface area (Å²) >= 11 is 0. The topological polar surface area (TPSA) is 68.2 Å². The Balaban J connectivity index is 0.000000321. The number of nitrogens with zero attached hydrogens (tertiary/aromatic N) is 1. The van der Waals surface area contributed by atoms with Crippen molar-refractivity contribution in [2.24, 2.45) is 0 Å². The minimum Gasteiger partial charge on any atom is -0.497 e. The van der Waals surface area contributed by atoms with Crippen LogP contribution in [-0.4, -0.2) is 67.8 Å². The lowest BCUT2D eigenvalue weighted by Gasteiger charge is -2.32. The maximum atomic E-state index is 10.6. The van der Waals surface area contributed by atoms with Crippen LogP contribution in [-0.2, 0) is 20.8 Å². The molecule has 6 nitrogen and oxygen atoms in total. The van der Waals surface area contributed by atoms with E-state index in [1.54, 1.807) is 14.2 Å². The zero-order valence-corrected chi connectivity index (χ0v) is 15.2. The number of hydrogen-bond donors (Lipinski definition) is 1. The van der Waals surface area contributed by atoms with Crippen LogP contribution in [0.3, 0.4) is 0 Å². The Labute approximate surface area is 155 Å². The molecule has 2 aliphatic rings. The van der Waals surface area contributed by atoms with Gasteiger partial charge in [0.05, 0.1) is 13.2 Å². The zero-order valence-electron chi connectivity index (χ0n) is 15.2. The predicted octanol–water partition coefficient (Wildman–Crippen LogP) is 2.71. The number of fused-ring (bicyclic) bond motifs is 1. The third-order valence-electron chi connectivity index (χ3n) is 4.67. The zero-order chi connectivity index (χ0) is 20.0. The summed E-state index contributed by atoms with van der Waals surface area (Å²) < 4.78 is 48.5. The van der Waals surface area contributed by atoms with Crippen molar-refractivity contribution in [3.63, 3.8) is 0 Å². The molecule has 0 amide bonds. The summed E-state index contributed by atoms with van der Waals surface area (Å²) in [5.41, 5.74) is 1.31. The molecule has 9 heteroatoms. The number of benzene rings is 1. The fourth-order valence-corrected chi connectivity index (χ4v) is 3.36. The van der Waals surface area contributed by atoms with Gasteiger partial charge in [-0.05, 0) is 30.5 Å². The van der Waals surface area contributed by atoms with Gasteiger partial charge in [0.1, 0.15) is 11.9 Å². The van der Waals surface area contributed by atoms with Crippen LogP contribution in [0.1, 0.15) is 18.4 Å². The van der Waals surface area contributed by atoms with Gasteiger partial charge < -0.3 is 19.3 Å². The van der Waals surface area contributed by atoms with E-state index in [4.69, 9.17) is 24.1 Å². The maximum Gasteiger partial charge on any atom is 0.490 e. The van der Waals surface area contributed by atoms with Crippen LogP contribution in [0.25, 0.3) is 0 Å². The molecule has 0 bridgehead atoms. The van der Waals surface area contributed by atoms with Crippen LogP contribution in [0.15, 0.2) is 24.3 Å². The number of methoxy groups -OCH3 is 2. The Morgan fingerprint density at radius 3 is 2.44 bits per heavy atom. The molecule has 2 heterocycles. The first kappa shape index (κ1) is 21.5. The van der Waals surface area contributed by atoms with E-state index in [-0.39, 0.29) is 12.2 Å². The summed E-state index contributed by atoms with van der Waals surface area (Å²) in [7, 11) is 3.49. The summed E-state index contributed by atoms with van der Waals surface area (Å²) in [4.78, 5) is 11.4. The second-order valence-electron chi connectivity index (χ2n) is 6.40. The van der Waals surface area contributed by atoms with E-state index in [0.717, 1.165) is 31.9 Å². The third kappa shape index (κ3) is 5.82. The van der Waals surface area contributed by atoms with E-state index in [1.165, 1.54) is 12.0 Å². The van der Waals surface area contributed by atoms with E-state index in [9.17, 15) is 13.2 Å². The first-order valence-electron chi connectivity index (χ1n) is 8.57. The highest BCUT2D eigenvalue weighted by atomic mass is 19.4. The number of halogens is 3. The molecule has 0 saturated carbocycles. The number of aliphatic carboxylic acids is 1. The van der Waals surface area contributed by atoms with E-state index in [2.05, 4.69) is 17.0 Å². The molecule has 2 saturated heterocycles. The molecule has 3 atom stereocenters. The van der Waals surface area contributed by atoms with Crippen molar-refractivity contribution < 1.29 is 37.3 Å². The highest BCUT2D eigenvalue weighted by molar-refractivity contribution is 5.73. The lowest BCUT2D eigenvalue weighted by molar-refractivity contribution is -0.192. The second-order valence-corrected chi connectivity index (χ2v) is 6.40. The fraction of sp³-hybridized carbons (Fsp3) is 0.611. The number of carboxylic acid groups (broad SMARTS) is 1. The molecule has 0 radical (unpaired) electrons. The lowest BCUT2D eigenvalue weighted by Crippen LogP contribution is -2.41. The molecule has 0 spiro atoms. The number of carboxylic acids is 1. The van der Waals surface area contributed by atoms with Gasteiger partial charge >= 0.3 is 12.1 Å². The normalized spacial score (nSPS) is 25.3. The second kappa shape index (κ2) is 9.38. The van der Waals surface area contributed by atoms with Crippen molar-refractivity contribution in [2.75, 3.05) is 27.4 Å². The number of hydrogen-bond acceptors (Lipinski definition) is 5. The van der Waals surface area contributed by atoms with Gasteiger partial charge in [0.15, 0.2) is 0 Å². The third-order valence-corrected chi connectivity index (χ3v) is 4.67. The summed E-state index contributed by atoms with van der Waals surface area (Å²) in [5.74, 6) is -1.85. The Bertz CT molecular complexity index is 608. The SMILES string of the molecule is COc1ccc(CN2C[C@H](OC)[C@H]3OCCC[C@H]32)cc1.O=C(O)C(F)(F)F. The smallest absolute Gasteiger partial charge is 0.490 e. The number of ether oxygens (including phenoxy) is 3. The number of rotatable bonds is 4. The van der Waals surface area contributed by atoms with Gasteiger partial charge in [-0.15, -0.1) is 0 Å². The summed E-state index contributed by atoms with van der Waals surface area (Å²) in [6, 6.07) is 8.81. The molecular formula is C18H24F3NO5. The van der Waals surface area contributed by atoms with Gasteiger partial charge in [0.2, 0.25) is 0 Å². The van der Waals surface area contributed by atoms with Crippen LogP contribution in [0.4, 0.5) is 13.2 Å². The fourth-order valence-electron chi connectivity index (χ4n) is 3.36. The van der Waals surface area contributed by atoms with Gasteiger partial charge in [-0.25, -0.2) is 4.79 Å². The van der Waals surface area contributed by atoms with Crippen molar-refractivity contribution in [3.8, 4) is 5.75 Å². The molecule has 1 aromatic rings. The Hall–Kier alpha value is -1.84. The summed E-state index contributed by atoms with van der Waals surface area (Å²) in [6.07, 6.45) is -2.28. The van der Waals surface area contributed by atoms with E-state index >= 15 is 0 Å². The molecular weight excluding hydrogens is 367 g/mol. The van der Waals surface area contributed by atoms with Crippen LogP contribution in [0.5, 0.6) is 5.75 Å². The van der Waals surface area contributed by atoms with E-state index in [1.807, 2.05) is 12.1 Å². The summed E-state index contributed by atoms with van der Waals surface area (Å²) in [5, 5.41) is 7.12. The van der Waals surface area contributed by atoms with Crippen LogP contribution in [0, 0.1) is 0 Å². The molecule has 2 aliphatic heterocycles. The van der Waals surface area contributed by atoms with Crippen LogP contribution >= 0.6 is 0 Å². The lowest BCUT2D eigenvalue weighted by atomic mass is 10.0. The van der Waals surface area contributed by atoms with Crippen LogP contribution < -0.4 is 4.74 Å². The first-order valence-corrected chi connectivity index (χ1v) is 8.57. The van der Waals surface area contributed by atoms with Crippen molar-refractivity contribution in [1.29, 1.82) is 0 Å². The minimum absolute atomic E-state index is 0.207. The molecule has 27 heavy (non-hydrogen) atoms. The quantitative estimate of drug-likeness (QED) is 0.851. The van der Waals surface area contributed by atoms with E-state index < -0.39 is 12.1 Å². The molecule has 152 valence electrons. The average Bonchev–Trinajstić information content (AvgIpc) is 3.00. The molecule has 3 rings (SSSR count). The number of likely N-dealkylation sites (tertiary alicyclic amines) is 1. The van der Waals surface area contributed by atoms with Crippen molar-refractivity contribution >= 4 is 5.97 Å². The molecule has 1 N–H and O–H groups in total. The highest BCUT2D eigenvalue weighted by Crippen LogP contribution is 2.31. The predicted molar refractivity (Wildman–Crippen MR) is 90.7 cm³/mol. The van der Waals surface area contributed by atoms with Gasteiger partial charge in [0, 0.05) is 32.8 Å². The summed E-state index contributed by atoms with van der Waals surface area (Å²) in [6.45, 7) is 2.78.